The number of benzene rings is 2. The summed E-state index contributed by atoms with van der Waals surface area (Å²) < 4.78 is 19.0. The summed E-state index contributed by atoms with van der Waals surface area (Å²) in [5.74, 6) is -1.60. The quantitative estimate of drug-likeness (QED) is 0.615. The van der Waals surface area contributed by atoms with Gasteiger partial charge in [0.05, 0.1) is 25.5 Å². The summed E-state index contributed by atoms with van der Waals surface area (Å²) in [6, 6.07) is 15.9. The van der Waals surface area contributed by atoms with Crippen molar-refractivity contribution in [2.45, 2.75) is 12.3 Å². The molecule has 7 heteroatoms. The van der Waals surface area contributed by atoms with Crippen LogP contribution in [0.4, 0.5) is 9.39 Å². The van der Waals surface area contributed by atoms with Crippen LogP contribution in [-0.4, -0.2) is 44.1 Å². The molecule has 3 aromatic rings. The first-order valence-electron chi connectivity index (χ1n) is 9.81. The van der Waals surface area contributed by atoms with Crippen LogP contribution in [0.3, 0.4) is 0 Å². The topological polar surface area (TPSA) is 73.6 Å². The second kappa shape index (κ2) is 8.82. The van der Waals surface area contributed by atoms with Gasteiger partial charge in [0.25, 0.3) is 0 Å². The van der Waals surface area contributed by atoms with Gasteiger partial charge in [0.2, 0.25) is 0 Å². The Morgan fingerprint density at radius 2 is 1.97 bits per heavy atom. The summed E-state index contributed by atoms with van der Waals surface area (Å²) in [5.41, 5.74) is 1.58. The van der Waals surface area contributed by atoms with Crippen molar-refractivity contribution < 1.29 is 19.0 Å². The van der Waals surface area contributed by atoms with Crippen LogP contribution in [0.5, 0.6) is 0 Å². The lowest BCUT2D eigenvalue weighted by Crippen LogP contribution is -2.36. The van der Waals surface area contributed by atoms with Crippen molar-refractivity contribution >= 4 is 33.1 Å². The van der Waals surface area contributed by atoms with Gasteiger partial charge < -0.3 is 14.7 Å². The number of nitrogens with zero attached hydrogens (tertiary/aromatic N) is 2. The number of thiophene rings is 1. The Kier molecular flexibility index (Phi) is 5.98. The number of carboxylic acids is 1. The highest BCUT2D eigenvalue weighted by Gasteiger charge is 2.32. The van der Waals surface area contributed by atoms with Crippen molar-refractivity contribution in [1.29, 1.82) is 5.26 Å². The van der Waals surface area contributed by atoms with Crippen molar-refractivity contribution in [2.75, 3.05) is 37.9 Å². The van der Waals surface area contributed by atoms with Crippen LogP contribution >= 0.6 is 11.3 Å². The van der Waals surface area contributed by atoms with Crippen LogP contribution in [0, 0.1) is 11.3 Å². The Morgan fingerprint density at radius 1 is 1.23 bits per heavy atom. The monoisotopic (exact) mass is 424 g/mol. The van der Waals surface area contributed by atoms with E-state index < -0.39 is 18.6 Å². The molecule has 1 N–H and O–H groups in total. The number of carbonyl (C=O) groups is 1. The van der Waals surface area contributed by atoms with E-state index in [0.717, 1.165) is 27.7 Å². The SMILES string of the molecule is N#Cc1c(N2CCOCC2)sc(C(=O)O)c1C(CCF)c1ccc2ccccc2c1. The van der Waals surface area contributed by atoms with Gasteiger partial charge in [-0.25, -0.2) is 4.79 Å². The molecule has 0 amide bonds. The third-order valence-electron chi connectivity index (χ3n) is 5.45. The number of fused-ring (bicyclic) bond motifs is 1. The Morgan fingerprint density at radius 3 is 2.63 bits per heavy atom. The van der Waals surface area contributed by atoms with Gasteiger partial charge in [-0.05, 0) is 22.8 Å². The van der Waals surface area contributed by atoms with Crippen LogP contribution in [0.25, 0.3) is 10.8 Å². The molecule has 1 aromatic heterocycles. The van der Waals surface area contributed by atoms with Crippen molar-refractivity contribution in [3.8, 4) is 6.07 Å². The number of nitriles is 1. The molecule has 0 aliphatic carbocycles. The van der Waals surface area contributed by atoms with Crippen LogP contribution in [-0.2, 0) is 4.74 Å². The summed E-state index contributed by atoms with van der Waals surface area (Å²) in [7, 11) is 0. The van der Waals surface area contributed by atoms with E-state index in [1.54, 1.807) is 0 Å². The van der Waals surface area contributed by atoms with Gasteiger partial charge in [0, 0.05) is 24.6 Å². The molecule has 1 aliphatic heterocycles. The fourth-order valence-electron chi connectivity index (χ4n) is 4.03. The average Bonchev–Trinajstić information content (AvgIpc) is 3.17. The highest BCUT2D eigenvalue weighted by molar-refractivity contribution is 7.18. The van der Waals surface area contributed by atoms with Gasteiger partial charge in [-0.2, -0.15) is 5.26 Å². The number of alkyl halides is 1. The fourth-order valence-corrected chi connectivity index (χ4v) is 5.24. The molecule has 4 rings (SSSR count). The number of carboxylic acid groups (broad SMARTS) is 1. The number of hydrogen-bond donors (Lipinski definition) is 1. The number of aromatic carboxylic acids is 1. The third-order valence-corrected chi connectivity index (χ3v) is 6.71. The smallest absolute Gasteiger partial charge is 0.346 e. The van der Waals surface area contributed by atoms with Crippen molar-refractivity contribution in [1.82, 2.24) is 0 Å². The number of hydrogen-bond acceptors (Lipinski definition) is 5. The van der Waals surface area contributed by atoms with E-state index >= 15 is 0 Å². The molecule has 2 heterocycles. The molecular formula is C23H21FN2O3S. The zero-order chi connectivity index (χ0) is 21.1. The minimum Gasteiger partial charge on any atom is -0.477 e. The molecule has 1 saturated heterocycles. The Labute approximate surface area is 177 Å². The lowest BCUT2D eigenvalue weighted by atomic mass is 9.85. The van der Waals surface area contributed by atoms with Gasteiger partial charge in [-0.3, -0.25) is 4.39 Å². The number of ether oxygens (including phenoxy) is 1. The maximum atomic E-state index is 13.6. The van der Waals surface area contributed by atoms with E-state index in [9.17, 15) is 19.6 Å². The second-order valence-electron chi connectivity index (χ2n) is 7.18. The molecule has 0 radical (unpaired) electrons. The highest BCUT2D eigenvalue weighted by atomic mass is 32.1. The summed E-state index contributed by atoms with van der Waals surface area (Å²) in [4.78, 5) is 14.2. The van der Waals surface area contributed by atoms with Gasteiger partial charge in [0.15, 0.2) is 0 Å². The van der Waals surface area contributed by atoms with Crippen LogP contribution in [0.2, 0.25) is 0 Å². The number of rotatable bonds is 6. The molecule has 30 heavy (non-hydrogen) atoms. The van der Waals surface area contributed by atoms with E-state index in [1.165, 1.54) is 0 Å². The van der Waals surface area contributed by atoms with E-state index in [4.69, 9.17) is 4.74 Å². The molecule has 2 aromatic carbocycles. The standard InChI is InChI=1S/C23H21FN2O3S/c24-8-7-18(17-6-5-15-3-1-2-4-16(15)13-17)20-19(14-25)22(30-21(20)23(27)28)26-9-11-29-12-10-26/h1-6,13,18H,7-12H2,(H,27,28). The number of halogens is 1. The van der Waals surface area contributed by atoms with Gasteiger partial charge >= 0.3 is 5.97 Å². The lowest BCUT2D eigenvalue weighted by molar-refractivity contribution is 0.0700. The zero-order valence-corrected chi connectivity index (χ0v) is 17.1. The fraction of sp³-hybridized carbons (Fsp3) is 0.304. The first kappa shape index (κ1) is 20.3. The summed E-state index contributed by atoms with van der Waals surface area (Å²) in [5, 5.41) is 22.6. The normalized spacial score (nSPS) is 15.1. The lowest BCUT2D eigenvalue weighted by Gasteiger charge is -2.28. The Bertz CT molecular complexity index is 1120. The number of anilines is 1. The maximum absolute atomic E-state index is 13.6. The predicted octanol–water partition coefficient (Wildman–Crippen LogP) is 4.80. The Balaban J connectivity index is 1.88. The highest BCUT2D eigenvalue weighted by Crippen LogP contribution is 2.44. The first-order chi connectivity index (χ1) is 14.6. The molecule has 5 nitrogen and oxygen atoms in total. The van der Waals surface area contributed by atoms with Gasteiger partial charge in [-0.15, -0.1) is 11.3 Å². The van der Waals surface area contributed by atoms with Gasteiger partial charge in [-0.1, -0.05) is 42.5 Å². The molecule has 154 valence electrons. The van der Waals surface area contributed by atoms with E-state index in [0.29, 0.717) is 42.4 Å². The Hall–Kier alpha value is -2.95. The minimum atomic E-state index is -1.09. The van der Waals surface area contributed by atoms with Gasteiger partial charge in [0.1, 0.15) is 15.9 Å². The largest absolute Gasteiger partial charge is 0.477 e. The zero-order valence-electron chi connectivity index (χ0n) is 16.3. The summed E-state index contributed by atoms with van der Waals surface area (Å²) >= 11 is 1.10. The third kappa shape index (κ3) is 3.76. The summed E-state index contributed by atoms with van der Waals surface area (Å²) in [6.45, 7) is 1.64. The van der Waals surface area contributed by atoms with Crippen molar-refractivity contribution in [3.63, 3.8) is 0 Å². The first-order valence-corrected chi connectivity index (χ1v) is 10.6. The summed E-state index contributed by atoms with van der Waals surface area (Å²) in [6.07, 6.45) is 0.118. The van der Waals surface area contributed by atoms with Crippen LogP contribution in [0.1, 0.15) is 38.7 Å². The molecule has 1 fully saturated rings. The van der Waals surface area contributed by atoms with Crippen molar-refractivity contribution in [2.24, 2.45) is 0 Å². The van der Waals surface area contributed by atoms with E-state index in [2.05, 4.69) is 6.07 Å². The van der Waals surface area contributed by atoms with Crippen molar-refractivity contribution in [3.05, 3.63) is 64.0 Å². The van der Waals surface area contributed by atoms with E-state index in [-0.39, 0.29) is 11.3 Å². The van der Waals surface area contributed by atoms with Crippen LogP contribution in [0.15, 0.2) is 42.5 Å². The maximum Gasteiger partial charge on any atom is 0.346 e. The molecule has 1 aliphatic rings. The molecule has 1 unspecified atom stereocenters. The number of morpholine rings is 1. The van der Waals surface area contributed by atoms with E-state index in [1.807, 2.05) is 47.4 Å². The molecule has 0 spiro atoms. The minimum absolute atomic E-state index is 0.111. The molecule has 0 bridgehead atoms. The second-order valence-corrected chi connectivity index (χ2v) is 8.18. The van der Waals surface area contributed by atoms with Crippen LogP contribution < -0.4 is 4.90 Å². The predicted molar refractivity (Wildman–Crippen MR) is 115 cm³/mol. The molecular weight excluding hydrogens is 403 g/mol. The molecule has 1 atom stereocenters. The molecule has 0 saturated carbocycles. The average molecular weight is 424 g/mol.